The Labute approximate surface area is 276 Å². The fraction of sp³-hybridized carbons (Fsp3) is 0.667. The summed E-state index contributed by atoms with van der Waals surface area (Å²) in [5.74, 6) is 0.602. The van der Waals surface area contributed by atoms with Crippen LogP contribution in [0.5, 0.6) is 0 Å². The van der Waals surface area contributed by atoms with Gasteiger partial charge in [0, 0.05) is 30.0 Å². The highest BCUT2D eigenvalue weighted by molar-refractivity contribution is 6.66. The van der Waals surface area contributed by atoms with Crippen LogP contribution in [0.1, 0.15) is 104 Å². The maximum Gasteiger partial charge on any atom is 0.495 e. The van der Waals surface area contributed by atoms with Gasteiger partial charge in [0.1, 0.15) is 23.7 Å². The van der Waals surface area contributed by atoms with Crippen molar-refractivity contribution in [3.63, 3.8) is 0 Å². The molecule has 0 aliphatic carbocycles. The predicted molar refractivity (Wildman–Crippen MR) is 174 cm³/mol. The summed E-state index contributed by atoms with van der Waals surface area (Å²) in [5, 5.41) is 6.36. The predicted octanol–water partition coefficient (Wildman–Crippen LogP) is 6.16. The molecule has 3 fully saturated rings. The molecule has 1 amide bonds. The van der Waals surface area contributed by atoms with Crippen molar-refractivity contribution >= 4 is 41.2 Å². The van der Waals surface area contributed by atoms with Crippen molar-refractivity contribution in [2.75, 3.05) is 26.3 Å². The molecule has 2 unspecified atom stereocenters. The van der Waals surface area contributed by atoms with E-state index in [1.807, 2.05) is 37.7 Å². The molecule has 2 aromatic heterocycles. The van der Waals surface area contributed by atoms with Crippen LogP contribution in [0.4, 0.5) is 4.79 Å². The smallest absolute Gasteiger partial charge is 0.449 e. The molecule has 250 valence electrons. The molecular formula is C33H46BClN4O7. The summed E-state index contributed by atoms with van der Waals surface area (Å²) < 4.78 is 38.5. The van der Waals surface area contributed by atoms with E-state index in [-0.39, 0.29) is 18.4 Å². The molecule has 3 aliphatic rings. The lowest BCUT2D eigenvalue weighted by Crippen LogP contribution is -2.44. The number of benzene rings is 1. The second-order valence-corrected chi connectivity index (χ2v) is 14.9. The summed E-state index contributed by atoms with van der Waals surface area (Å²) >= 11 is 7.07. The number of fused-ring (bicyclic) bond motifs is 1. The monoisotopic (exact) mass is 656 g/mol. The molecule has 1 aromatic carbocycles. The van der Waals surface area contributed by atoms with Crippen molar-refractivity contribution in [3.05, 3.63) is 40.7 Å². The van der Waals surface area contributed by atoms with Gasteiger partial charge in [-0.3, -0.25) is 0 Å². The number of nitrogens with zero attached hydrogens (tertiary/aromatic N) is 4. The van der Waals surface area contributed by atoms with Gasteiger partial charge in [-0.05, 0) is 97.7 Å². The van der Waals surface area contributed by atoms with E-state index in [9.17, 15) is 4.79 Å². The first-order valence-electron chi connectivity index (χ1n) is 16.4. The Balaban J connectivity index is 1.20. The van der Waals surface area contributed by atoms with Gasteiger partial charge in [0.2, 0.25) is 0 Å². The molecule has 3 aliphatic heterocycles. The molecule has 2 atom stereocenters. The lowest BCUT2D eigenvalue weighted by atomic mass is 9.73. The number of aromatic nitrogens is 3. The summed E-state index contributed by atoms with van der Waals surface area (Å²) in [7, 11) is -0.601. The van der Waals surface area contributed by atoms with Crippen LogP contribution in [-0.4, -0.2) is 76.0 Å². The first-order chi connectivity index (χ1) is 21.7. The number of morpholine rings is 1. The molecule has 3 aromatic rings. The van der Waals surface area contributed by atoms with Crippen LogP contribution in [0, 0.1) is 0 Å². The number of hydrogen-bond acceptors (Lipinski definition) is 9. The summed E-state index contributed by atoms with van der Waals surface area (Å²) in [6, 6.07) is 1.99. The van der Waals surface area contributed by atoms with Crippen LogP contribution < -0.4 is 5.46 Å². The molecule has 5 heterocycles. The molecule has 6 rings (SSSR count). The fourth-order valence-electron chi connectivity index (χ4n) is 6.18. The van der Waals surface area contributed by atoms with E-state index >= 15 is 0 Å². The van der Waals surface area contributed by atoms with Crippen molar-refractivity contribution in [3.8, 4) is 0 Å². The molecule has 0 N–H and O–H groups in total. The molecule has 3 saturated heterocycles. The molecule has 11 nitrogen and oxygen atoms in total. The third-order valence-corrected chi connectivity index (χ3v) is 9.69. The van der Waals surface area contributed by atoms with Crippen LogP contribution >= 0.6 is 11.6 Å². The Morgan fingerprint density at radius 1 is 1.11 bits per heavy atom. The van der Waals surface area contributed by atoms with Gasteiger partial charge in [-0.1, -0.05) is 11.6 Å². The Morgan fingerprint density at radius 2 is 1.87 bits per heavy atom. The van der Waals surface area contributed by atoms with Crippen LogP contribution in [0.2, 0.25) is 5.02 Å². The van der Waals surface area contributed by atoms with Gasteiger partial charge < -0.3 is 32.8 Å². The van der Waals surface area contributed by atoms with E-state index in [0.29, 0.717) is 49.1 Å². The average Bonchev–Trinajstić information content (AvgIpc) is 3.68. The quantitative estimate of drug-likeness (QED) is 0.276. The first kappa shape index (κ1) is 33.3. The summed E-state index contributed by atoms with van der Waals surface area (Å²) in [5.41, 5.74) is 1.86. The van der Waals surface area contributed by atoms with Gasteiger partial charge in [-0.15, -0.1) is 0 Å². The third-order valence-electron chi connectivity index (χ3n) is 9.35. The minimum Gasteiger partial charge on any atom is -0.449 e. The van der Waals surface area contributed by atoms with E-state index < -0.39 is 23.9 Å². The SMILES string of the molecule is CC(C)(C)OC(=O)N1CCOC(c2coc(CCCc3c(Cl)cc4c(cnn4C4CCCCO4)c3B3OC(C)(C)C(C)(C)O3)n2)C1. The Morgan fingerprint density at radius 3 is 2.57 bits per heavy atom. The molecular weight excluding hydrogens is 611 g/mol. The largest absolute Gasteiger partial charge is 0.495 e. The minimum atomic E-state index is -0.601. The van der Waals surface area contributed by atoms with Crippen molar-refractivity contribution in [2.24, 2.45) is 0 Å². The van der Waals surface area contributed by atoms with Gasteiger partial charge in [0.05, 0.1) is 36.1 Å². The fourth-order valence-corrected chi connectivity index (χ4v) is 6.48. The van der Waals surface area contributed by atoms with Crippen LogP contribution in [0.3, 0.4) is 0 Å². The lowest BCUT2D eigenvalue weighted by Gasteiger charge is -2.33. The molecule has 13 heteroatoms. The van der Waals surface area contributed by atoms with Crippen LogP contribution in [0.25, 0.3) is 10.9 Å². The normalized spacial score (nSPS) is 23.3. The number of oxazole rings is 1. The van der Waals surface area contributed by atoms with E-state index in [0.717, 1.165) is 54.2 Å². The number of hydrogen-bond donors (Lipinski definition) is 0. The number of ether oxygens (including phenoxy) is 3. The number of halogens is 1. The molecule has 0 saturated carbocycles. The Bertz CT molecular complexity index is 1540. The Kier molecular flexibility index (Phi) is 9.23. The van der Waals surface area contributed by atoms with Gasteiger partial charge in [0.15, 0.2) is 12.1 Å². The lowest BCUT2D eigenvalue weighted by molar-refractivity contribution is -0.0447. The highest BCUT2D eigenvalue weighted by Crippen LogP contribution is 2.39. The molecule has 0 spiro atoms. The molecule has 46 heavy (non-hydrogen) atoms. The first-order valence-corrected chi connectivity index (χ1v) is 16.8. The third kappa shape index (κ3) is 6.83. The minimum absolute atomic E-state index is 0.122. The van der Waals surface area contributed by atoms with Crippen molar-refractivity contribution in [1.82, 2.24) is 19.7 Å². The van der Waals surface area contributed by atoms with Crippen molar-refractivity contribution < 1.29 is 32.7 Å². The zero-order valence-corrected chi connectivity index (χ0v) is 28.8. The highest BCUT2D eigenvalue weighted by atomic mass is 35.5. The van der Waals surface area contributed by atoms with Gasteiger partial charge >= 0.3 is 13.2 Å². The number of amides is 1. The topological polar surface area (TPSA) is 110 Å². The zero-order valence-electron chi connectivity index (χ0n) is 28.1. The zero-order chi connectivity index (χ0) is 32.9. The number of aryl methyl sites for hydroxylation is 1. The number of carbonyl (C=O) groups is 1. The highest BCUT2D eigenvalue weighted by Gasteiger charge is 2.53. The van der Waals surface area contributed by atoms with Crippen molar-refractivity contribution in [2.45, 2.75) is 116 Å². The standard InChI is InChI=1S/C33H46BClN4O7/c1-31(2,3)44-30(40)38-14-16-41-26(19-38)24-20-43-27(37-24)12-10-11-21-23(35)17-25-22(18-36-39(25)28-13-8-9-15-42-28)29(21)34-45-32(4,5)33(6,7)46-34/h17-18,20,26,28H,8-16,19H2,1-7H3. The van der Waals surface area contributed by atoms with Crippen LogP contribution in [0.15, 0.2) is 22.9 Å². The van der Waals surface area contributed by atoms with E-state index in [4.69, 9.17) is 49.6 Å². The van der Waals surface area contributed by atoms with E-state index in [1.54, 1.807) is 11.2 Å². The molecule has 0 bridgehead atoms. The number of carbonyl (C=O) groups excluding carboxylic acids is 1. The van der Waals surface area contributed by atoms with Gasteiger partial charge in [-0.25, -0.2) is 14.5 Å². The maximum absolute atomic E-state index is 12.6. The van der Waals surface area contributed by atoms with Gasteiger partial charge in [-0.2, -0.15) is 5.10 Å². The van der Waals surface area contributed by atoms with E-state index in [2.05, 4.69) is 27.7 Å². The molecule has 0 radical (unpaired) electrons. The van der Waals surface area contributed by atoms with Crippen LogP contribution in [-0.2, 0) is 36.4 Å². The second kappa shape index (κ2) is 12.8. The maximum atomic E-state index is 12.6. The summed E-state index contributed by atoms with van der Waals surface area (Å²) in [4.78, 5) is 19.0. The van der Waals surface area contributed by atoms with E-state index in [1.165, 1.54) is 0 Å². The van der Waals surface area contributed by atoms with Crippen molar-refractivity contribution in [1.29, 1.82) is 0 Å². The average molecular weight is 657 g/mol. The number of rotatable bonds is 7. The second-order valence-electron chi connectivity index (χ2n) is 14.5. The van der Waals surface area contributed by atoms with Gasteiger partial charge in [0.25, 0.3) is 0 Å². The Hall–Kier alpha value is -2.64. The summed E-state index contributed by atoms with van der Waals surface area (Å²) in [6.07, 6.45) is 7.69. The summed E-state index contributed by atoms with van der Waals surface area (Å²) in [6.45, 7) is 15.7.